The Morgan fingerprint density at radius 1 is 1.14 bits per heavy atom. The zero-order valence-electron chi connectivity index (χ0n) is 12.8. The molecule has 0 atom stereocenters. The third-order valence-corrected chi connectivity index (χ3v) is 3.73. The van der Waals surface area contributed by atoms with Crippen molar-refractivity contribution in [1.29, 1.82) is 0 Å². The largest absolute Gasteiger partial charge is 0.352 e. The van der Waals surface area contributed by atoms with E-state index in [1.54, 1.807) is 11.0 Å². The molecular formula is C17H23N3O2. The van der Waals surface area contributed by atoms with Crippen LogP contribution >= 0.6 is 0 Å². The van der Waals surface area contributed by atoms with Gasteiger partial charge in [0.25, 0.3) is 0 Å². The molecule has 0 bridgehead atoms. The lowest BCUT2D eigenvalue weighted by Crippen LogP contribution is -2.49. The van der Waals surface area contributed by atoms with Crippen LogP contribution in [0.5, 0.6) is 0 Å². The van der Waals surface area contributed by atoms with Crippen LogP contribution in [0.2, 0.25) is 0 Å². The molecule has 1 saturated heterocycles. The van der Waals surface area contributed by atoms with Gasteiger partial charge < -0.3 is 10.2 Å². The lowest BCUT2D eigenvalue weighted by molar-refractivity contribution is -0.137. The maximum atomic E-state index is 12.1. The molecule has 0 radical (unpaired) electrons. The van der Waals surface area contributed by atoms with Crippen LogP contribution in [0, 0.1) is 0 Å². The predicted octanol–water partition coefficient (Wildman–Crippen LogP) is 1.02. The van der Waals surface area contributed by atoms with Crippen LogP contribution in [0.25, 0.3) is 0 Å². The van der Waals surface area contributed by atoms with E-state index < -0.39 is 0 Å². The van der Waals surface area contributed by atoms with Crippen molar-refractivity contribution < 1.29 is 9.59 Å². The van der Waals surface area contributed by atoms with Gasteiger partial charge in [-0.1, -0.05) is 36.4 Å². The van der Waals surface area contributed by atoms with Crippen LogP contribution in [0.4, 0.5) is 0 Å². The Balaban J connectivity index is 1.73. The van der Waals surface area contributed by atoms with E-state index in [2.05, 4.69) is 28.9 Å². The van der Waals surface area contributed by atoms with Crippen molar-refractivity contribution in [3.05, 3.63) is 48.6 Å². The lowest BCUT2D eigenvalue weighted by Gasteiger charge is -2.34. The second kappa shape index (κ2) is 8.34. The SMILES string of the molecule is C=CCNC(=O)CC(=O)N1CCN(Cc2ccccc2)CC1. The Morgan fingerprint density at radius 2 is 1.82 bits per heavy atom. The fourth-order valence-electron chi connectivity index (χ4n) is 2.49. The second-order valence-corrected chi connectivity index (χ2v) is 5.41. The minimum atomic E-state index is -0.239. The summed E-state index contributed by atoms with van der Waals surface area (Å²) in [6, 6.07) is 10.3. The maximum absolute atomic E-state index is 12.1. The molecule has 0 unspecified atom stereocenters. The van der Waals surface area contributed by atoms with Crippen molar-refractivity contribution in [3.8, 4) is 0 Å². The molecule has 1 heterocycles. The second-order valence-electron chi connectivity index (χ2n) is 5.41. The van der Waals surface area contributed by atoms with Crippen LogP contribution in [-0.4, -0.2) is 54.3 Å². The van der Waals surface area contributed by atoms with Gasteiger partial charge in [0.05, 0.1) is 0 Å². The first-order valence-electron chi connectivity index (χ1n) is 7.60. The molecule has 1 aliphatic rings. The van der Waals surface area contributed by atoms with E-state index in [4.69, 9.17) is 0 Å². The number of rotatable bonds is 6. The normalized spacial score (nSPS) is 15.4. The number of carbonyl (C=O) groups is 2. The van der Waals surface area contributed by atoms with Gasteiger partial charge in [0.15, 0.2) is 0 Å². The molecular weight excluding hydrogens is 278 g/mol. The van der Waals surface area contributed by atoms with Gasteiger partial charge in [-0.2, -0.15) is 0 Å². The molecule has 0 aliphatic carbocycles. The molecule has 5 nitrogen and oxygen atoms in total. The first-order valence-corrected chi connectivity index (χ1v) is 7.60. The van der Waals surface area contributed by atoms with Crippen molar-refractivity contribution in [1.82, 2.24) is 15.1 Å². The highest BCUT2D eigenvalue weighted by Crippen LogP contribution is 2.09. The Labute approximate surface area is 131 Å². The van der Waals surface area contributed by atoms with Gasteiger partial charge in [0.2, 0.25) is 11.8 Å². The summed E-state index contributed by atoms with van der Waals surface area (Å²) in [5, 5.41) is 2.63. The standard InChI is InChI=1S/C17H23N3O2/c1-2-8-18-16(21)13-17(22)20-11-9-19(10-12-20)14-15-6-4-3-5-7-15/h2-7H,1,8-14H2,(H,18,21). The summed E-state index contributed by atoms with van der Waals surface area (Å²) >= 11 is 0. The highest BCUT2D eigenvalue weighted by molar-refractivity contribution is 5.96. The molecule has 0 aromatic heterocycles. The van der Waals surface area contributed by atoms with Gasteiger partial charge in [-0.05, 0) is 5.56 Å². The zero-order chi connectivity index (χ0) is 15.8. The van der Waals surface area contributed by atoms with Gasteiger partial charge in [-0.15, -0.1) is 6.58 Å². The van der Waals surface area contributed by atoms with Gasteiger partial charge >= 0.3 is 0 Å². The molecule has 0 spiro atoms. The summed E-state index contributed by atoms with van der Waals surface area (Å²) in [6.07, 6.45) is 1.53. The number of piperazine rings is 1. The van der Waals surface area contributed by atoms with Gasteiger partial charge in [-0.25, -0.2) is 0 Å². The average Bonchev–Trinajstić information content (AvgIpc) is 2.54. The Bertz CT molecular complexity index is 508. The van der Waals surface area contributed by atoms with Crippen LogP contribution in [0.1, 0.15) is 12.0 Å². The first kappa shape index (κ1) is 16.2. The summed E-state index contributed by atoms with van der Waals surface area (Å²) in [6.45, 7) is 7.88. The fourth-order valence-corrected chi connectivity index (χ4v) is 2.49. The highest BCUT2D eigenvalue weighted by Gasteiger charge is 2.22. The molecule has 1 aromatic rings. The number of hydrogen-bond acceptors (Lipinski definition) is 3. The number of carbonyl (C=O) groups excluding carboxylic acids is 2. The molecule has 2 rings (SSSR count). The molecule has 118 valence electrons. The topological polar surface area (TPSA) is 52.7 Å². The fraction of sp³-hybridized carbons (Fsp3) is 0.412. The monoisotopic (exact) mass is 301 g/mol. The van der Waals surface area contributed by atoms with E-state index in [1.165, 1.54) is 5.56 Å². The van der Waals surface area contributed by atoms with E-state index in [1.807, 2.05) is 18.2 Å². The molecule has 5 heteroatoms. The number of hydrogen-bond donors (Lipinski definition) is 1. The van der Waals surface area contributed by atoms with Crippen LogP contribution in [0.3, 0.4) is 0 Å². The highest BCUT2D eigenvalue weighted by atomic mass is 16.2. The summed E-state index contributed by atoms with van der Waals surface area (Å²) in [5.41, 5.74) is 1.28. The average molecular weight is 301 g/mol. The molecule has 1 fully saturated rings. The van der Waals surface area contributed by atoms with E-state index in [-0.39, 0.29) is 18.2 Å². The Morgan fingerprint density at radius 3 is 2.45 bits per heavy atom. The van der Waals surface area contributed by atoms with Gasteiger partial charge in [-0.3, -0.25) is 14.5 Å². The quantitative estimate of drug-likeness (QED) is 0.630. The van der Waals surface area contributed by atoms with Crippen LogP contribution in [-0.2, 0) is 16.1 Å². The van der Waals surface area contributed by atoms with E-state index in [9.17, 15) is 9.59 Å². The van der Waals surface area contributed by atoms with Crippen molar-refractivity contribution in [2.75, 3.05) is 32.7 Å². The van der Waals surface area contributed by atoms with Crippen LogP contribution < -0.4 is 5.32 Å². The smallest absolute Gasteiger partial charge is 0.232 e. The van der Waals surface area contributed by atoms with Crippen molar-refractivity contribution in [3.63, 3.8) is 0 Å². The van der Waals surface area contributed by atoms with Crippen molar-refractivity contribution in [2.45, 2.75) is 13.0 Å². The van der Waals surface area contributed by atoms with Gasteiger partial charge in [0, 0.05) is 39.3 Å². The number of nitrogens with one attached hydrogen (secondary N) is 1. The van der Waals surface area contributed by atoms with Crippen molar-refractivity contribution in [2.24, 2.45) is 0 Å². The summed E-state index contributed by atoms with van der Waals surface area (Å²) in [5.74, 6) is -0.336. The Hall–Kier alpha value is -2.14. The van der Waals surface area contributed by atoms with E-state index >= 15 is 0 Å². The van der Waals surface area contributed by atoms with Crippen molar-refractivity contribution >= 4 is 11.8 Å². The first-order chi connectivity index (χ1) is 10.7. The van der Waals surface area contributed by atoms with Crippen LogP contribution in [0.15, 0.2) is 43.0 Å². The lowest BCUT2D eigenvalue weighted by atomic mass is 10.2. The predicted molar refractivity (Wildman–Crippen MR) is 86.1 cm³/mol. The molecule has 22 heavy (non-hydrogen) atoms. The molecule has 1 aromatic carbocycles. The number of benzene rings is 1. The zero-order valence-corrected chi connectivity index (χ0v) is 12.8. The van der Waals surface area contributed by atoms with E-state index in [0.717, 1.165) is 19.6 Å². The number of amides is 2. The summed E-state index contributed by atoms with van der Waals surface area (Å²) in [7, 11) is 0. The molecule has 1 aliphatic heterocycles. The summed E-state index contributed by atoms with van der Waals surface area (Å²) < 4.78 is 0. The third-order valence-electron chi connectivity index (χ3n) is 3.73. The molecule has 2 amide bonds. The minimum Gasteiger partial charge on any atom is -0.352 e. The maximum Gasteiger partial charge on any atom is 0.232 e. The molecule has 0 saturated carbocycles. The third kappa shape index (κ3) is 5.00. The van der Waals surface area contributed by atoms with Gasteiger partial charge in [0.1, 0.15) is 6.42 Å². The number of nitrogens with zero attached hydrogens (tertiary/aromatic N) is 2. The molecule has 1 N–H and O–H groups in total. The minimum absolute atomic E-state index is 0.0769. The summed E-state index contributed by atoms with van der Waals surface area (Å²) in [4.78, 5) is 27.7. The van der Waals surface area contributed by atoms with E-state index in [0.29, 0.717) is 19.6 Å². The Kier molecular flexibility index (Phi) is 6.15.